The van der Waals surface area contributed by atoms with E-state index in [1.165, 1.54) is 9.80 Å². The van der Waals surface area contributed by atoms with Crippen molar-refractivity contribution in [3.05, 3.63) is 29.8 Å². The van der Waals surface area contributed by atoms with E-state index in [0.717, 1.165) is 0 Å². The molecule has 0 bridgehead atoms. The summed E-state index contributed by atoms with van der Waals surface area (Å²) in [7, 11) is 3.19. The van der Waals surface area contributed by atoms with E-state index in [4.69, 9.17) is 9.47 Å². The van der Waals surface area contributed by atoms with Crippen molar-refractivity contribution < 1.29 is 28.7 Å². The first-order chi connectivity index (χ1) is 16.2. The van der Waals surface area contributed by atoms with Gasteiger partial charge in [-0.1, -0.05) is 12.1 Å². The molecule has 1 fully saturated rings. The molecule has 0 spiro atoms. The number of nitrogens with zero attached hydrogens (tertiary/aromatic N) is 3. The van der Waals surface area contributed by atoms with Gasteiger partial charge in [0, 0.05) is 33.6 Å². The zero-order chi connectivity index (χ0) is 24.8. The SMILES string of the molecule is C[C@@H]1CN(C(=O)[C@@H]2CCC(=O)N(C)CC(=O)N(C)CCOc3ccccc3C(=O)N2)C[C@H](C)O1. The standard InChI is InChI=1S/C24H34N4O6/c1-16-13-28(14-17(2)34-16)24(32)19-9-10-21(29)27(4)15-22(30)26(3)11-12-33-20-8-6-5-7-18(20)23(31)25-19/h5-8,16-17,19H,9-15H2,1-4H3,(H,25,31)/t16-,17+,19-/m0/s1. The molecular formula is C24H34N4O6. The van der Waals surface area contributed by atoms with Crippen LogP contribution in [0.1, 0.15) is 37.0 Å². The van der Waals surface area contributed by atoms with Crippen LogP contribution in [0.2, 0.25) is 0 Å². The number of morpholine rings is 1. The average Bonchev–Trinajstić information content (AvgIpc) is 2.80. The van der Waals surface area contributed by atoms with Crippen LogP contribution in [0.4, 0.5) is 0 Å². The summed E-state index contributed by atoms with van der Waals surface area (Å²) in [5.41, 5.74) is 0.288. The van der Waals surface area contributed by atoms with Gasteiger partial charge in [-0.05, 0) is 32.4 Å². The number of benzene rings is 1. The van der Waals surface area contributed by atoms with Gasteiger partial charge in [-0.15, -0.1) is 0 Å². The maximum atomic E-state index is 13.4. The van der Waals surface area contributed by atoms with E-state index in [-0.39, 0.29) is 61.5 Å². The Bertz CT molecular complexity index is 912. The minimum atomic E-state index is -0.904. The molecule has 1 saturated heterocycles. The molecule has 1 aromatic carbocycles. The average molecular weight is 475 g/mol. The van der Waals surface area contributed by atoms with Crippen LogP contribution in [0.3, 0.4) is 0 Å². The first-order valence-electron chi connectivity index (χ1n) is 11.6. The Morgan fingerprint density at radius 2 is 1.68 bits per heavy atom. The summed E-state index contributed by atoms with van der Waals surface area (Å²) in [5.74, 6) is -0.846. The van der Waals surface area contributed by atoms with Crippen molar-refractivity contribution in [3.8, 4) is 5.75 Å². The van der Waals surface area contributed by atoms with E-state index in [2.05, 4.69) is 5.32 Å². The minimum Gasteiger partial charge on any atom is -0.491 e. The smallest absolute Gasteiger partial charge is 0.255 e. The van der Waals surface area contributed by atoms with Crippen LogP contribution in [0.5, 0.6) is 5.75 Å². The number of rotatable bonds is 1. The number of hydrogen-bond acceptors (Lipinski definition) is 6. The number of carbonyl (C=O) groups is 4. The van der Waals surface area contributed by atoms with E-state index in [9.17, 15) is 19.2 Å². The van der Waals surface area contributed by atoms with E-state index in [1.54, 1.807) is 43.3 Å². The van der Waals surface area contributed by atoms with Gasteiger partial charge < -0.3 is 29.5 Å². The minimum absolute atomic E-state index is 0.0117. The summed E-state index contributed by atoms with van der Waals surface area (Å²) in [5, 5.41) is 2.82. The summed E-state index contributed by atoms with van der Waals surface area (Å²) >= 11 is 0. The lowest BCUT2D eigenvalue weighted by Crippen LogP contribution is -2.55. The molecule has 0 aliphatic carbocycles. The Morgan fingerprint density at radius 3 is 2.38 bits per heavy atom. The first kappa shape index (κ1) is 25.5. The Balaban J connectivity index is 1.87. The molecule has 10 heteroatoms. The van der Waals surface area contributed by atoms with Crippen molar-refractivity contribution in [1.29, 1.82) is 0 Å². The molecule has 34 heavy (non-hydrogen) atoms. The second-order valence-electron chi connectivity index (χ2n) is 8.97. The van der Waals surface area contributed by atoms with Crippen molar-refractivity contribution in [2.75, 3.05) is 46.9 Å². The van der Waals surface area contributed by atoms with E-state index in [1.807, 2.05) is 13.8 Å². The predicted octanol–water partition coefficient (Wildman–Crippen LogP) is 0.510. The number of amides is 4. The van der Waals surface area contributed by atoms with Crippen LogP contribution < -0.4 is 10.1 Å². The molecule has 0 unspecified atom stereocenters. The van der Waals surface area contributed by atoms with Crippen molar-refractivity contribution >= 4 is 23.6 Å². The Morgan fingerprint density at radius 1 is 1.00 bits per heavy atom. The fourth-order valence-corrected chi connectivity index (χ4v) is 4.14. The second-order valence-corrected chi connectivity index (χ2v) is 8.97. The lowest BCUT2D eigenvalue weighted by molar-refractivity contribution is -0.145. The summed E-state index contributed by atoms with van der Waals surface area (Å²) in [6.45, 7) is 5.00. The van der Waals surface area contributed by atoms with Crippen molar-refractivity contribution in [1.82, 2.24) is 20.0 Å². The molecule has 3 rings (SSSR count). The Hall–Kier alpha value is -3.14. The molecule has 10 nitrogen and oxygen atoms in total. The fraction of sp³-hybridized carbons (Fsp3) is 0.583. The molecule has 2 aliphatic heterocycles. The quantitative estimate of drug-likeness (QED) is 0.636. The van der Waals surface area contributed by atoms with E-state index < -0.39 is 11.9 Å². The monoisotopic (exact) mass is 474 g/mol. The lowest BCUT2D eigenvalue weighted by Gasteiger charge is -2.37. The molecule has 1 N–H and O–H groups in total. The number of hydrogen-bond donors (Lipinski definition) is 1. The van der Waals surface area contributed by atoms with Gasteiger partial charge in [0.15, 0.2) is 0 Å². The highest BCUT2D eigenvalue weighted by molar-refractivity contribution is 5.99. The maximum Gasteiger partial charge on any atom is 0.255 e. The van der Waals surface area contributed by atoms with Crippen molar-refractivity contribution in [2.45, 2.75) is 44.9 Å². The van der Waals surface area contributed by atoms with Gasteiger partial charge in [-0.2, -0.15) is 0 Å². The highest BCUT2D eigenvalue weighted by Crippen LogP contribution is 2.20. The number of fused-ring (bicyclic) bond motifs is 1. The third kappa shape index (κ3) is 6.47. The Kier molecular flexibility index (Phi) is 8.49. The zero-order valence-electron chi connectivity index (χ0n) is 20.3. The van der Waals surface area contributed by atoms with Crippen molar-refractivity contribution in [2.24, 2.45) is 0 Å². The molecule has 0 saturated carbocycles. The fourth-order valence-electron chi connectivity index (χ4n) is 4.14. The molecule has 1 aromatic rings. The van der Waals surface area contributed by atoms with Crippen LogP contribution in [0.25, 0.3) is 0 Å². The molecular weight excluding hydrogens is 440 g/mol. The second kappa shape index (κ2) is 11.3. The van der Waals surface area contributed by atoms with Crippen molar-refractivity contribution in [3.63, 3.8) is 0 Å². The Labute approximate surface area is 200 Å². The molecule has 0 radical (unpaired) electrons. The number of carbonyl (C=O) groups excluding carboxylic acids is 4. The molecule has 186 valence electrons. The summed E-state index contributed by atoms with van der Waals surface area (Å²) in [6.07, 6.45) is -0.135. The number of nitrogens with one attached hydrogen (secondary N) is 1. The van der Waals surface area contributed by atoms with Gasteiger partial charge in [0.25, 0.3) is 5.91 Å². The molecule has 3 atom stereocenters. The van der Waals surface area contributed by atoms with Crippen LogP contribution in [-0.2, 0) is 19.1 Å². The van der Waals surface area contributed by atoms with Gasteiger partial charge in [0.05, 0.1) is 30.9 Å². The van der Waals surface area contributed by atoms with Gasteiger partial charge in [-0.25, -0.2) is 0 Å². The van der Waals surface area contributed by atoms with Gasteiger partial charge in [0.1, 0.15) is 18.4 Å². The summed E-state index contributed by atoms with van der Waals surface area (Å²) in [4.78, 5) is 56.3. The topological polar surface area (TPSA) is 108 Å². The third-order valence-electron chi connectivity index (χ3n) is 6.02. The summed E-state index contributed by atoms with van der Waals surface area (Å²) < 4.78 is 11.5. The largest absolute Gasteiger partial charge is 0.491 e. The number of ether oxygens (including phenoxy) is 2. The number of para-hydroxylation sites is 1. The molecule has 4 amide bonds. The first-order valence-corrected chi connectivity index (χ1v) is 11.6. The molecule has 2 aliphatic rings. The zero-order valence-corrected chi connectivity index (χ0v) is 20.3. The van der Waals surface area contributed by atoms with Crippen LogP contribution in [-0.4, -0.2) is 103 Å². The van der Waals surface area contributed by atoms with Crippen LogP contribution >= 0.6 is 0 Å². The van der Waals surface area contributed by atoms with E-state index >= 15 is 0 Å². The van der Waals surface area contributed by atoms with Crippen LogP contribution in [0, 0.1) is 0 Å². The summed E-state index contributed by atoms with van der Waals surface area (Å²) in [6, 6.07) is 5.86. The third-order valence-corrected chi connectivity index (χ3v) is 6.02. The molecule has 0 aromatic heterocycles. The van der Waals surface area contributed by atoms with Gasteiger partial charge >= 0.3 is 0 Å². The van der Waals surface area contributed by atoms with Gasteiger partial charge in [-0.3, -0.25) is 19.2 Å². The van der Waals surface area contributed by atoms with Crippen LogP contribution in [0.15, 0.2) is 24.3 Å². The highest BCUT2D eigenvalue weighted by Gasteiger charge is 2.33. The number of likely N-dealkylation sites (N-methyl/N-ethyl adjacent to an activating group) is 2. The van der Waals surface area contributed by atoms with E-state index in [0.29, 0.717) is 25.4 Å². The predicted molar refractivity (Wildman–Crippen MR) is 124 cm³/mol. The normalized spacial score (nSPS) is 25.6. The lowest BCUT2D eigenvalue weighted by atomic mass is 10.1. The maximum absolute atomic E-state index is 13.4. The highest BCUT2D eigenvalue weighted by atomic mass is 16.5. The van der Waals surface area contributed by atoms with Gasteiger partial charge in [0.2, 0.25) is 17.7 Å². The molecule has 2 heterocycles.